The second-order valence-electron chi connectivity index (χ2n) is 18.1. The van der Waals surface area contributed by atoms with Gasteiger partial charge >= 0.3 is 17.9 Å². The van der Waals surface area contributed by atoms with Gasteiger partial charge in [0.2, 0.25) is 0 Å². The lowest BCUT2D eigenvalue weighted by molar-refractivity contribution is -0.167. The van der Waals surface area contributed by atoms with E-state index in [0.29, 0.717) is 19.3 Å². The normalized spacial score (nSPS) is 13.3. The van der Waals surface area contributed by atoms with Crippen LogP contribution in [0.25, 0.3) is 0 Å². The molecule has 0 spiro atoms. The summed E-state index contributed by atoms with van der Waals surface area (Å²) in [6.45, 7) is 6.26. The van der Waals surface area contributed by atoms with Gasteiger partial charge in [-0.2, -0.15) is 0 Å². The molecule has 0 saturated carbocycles. The van der Waals surface area contributed by atoms with E-state index < -0.39 is 6.10 Å². The second-order valence-corrected chi connectivity index (χ2v) is 18.1. The molecule has 402 valence electrons. The zero-order valence-electron chi connectivity index (χ0n) is 45.9. The van der Waals surface area contributed by atoms with E-state index in [9.17, 15) is 14.4 Å². The minimum atomic E-state index is -0.818. The Morgan fingerprint density at radius 3 is 0.889 bits per heavy atom. The van der Waals surface area contributed by atoms with Crippen LogP contribution in [0.1, 0.15) is 220 Å². The van der Waals surface area contributed by atoms with Crippen LogP contribution in [0, 0.1) is 0 Å². The van der Waals surface area contributed by atoms with Crippen molar-refractivity contribution in [2.24, 2.45) is 0 Å². The molecule has 0 aliphatic carbocycles. The highest BCUT2D eigenvalue weighted by Gasteiger charge is 2.19. The summed E-state index contributed by atoms with van der Waals surface area (Å²) in [5, 5.41) is 0. The number of allylic oxidation sites excluding steroid dienone is 26. The average molecular weight is 992 g/mol. The molecule has 6 nitrogen and oxygen atoms in total. The Bertz CT molecular complexity index is 1660. The Balaban J connectivity index is 4.25. The second kappa shape index (κ2) is 58.6. The molecule has 0 amide bonds. The van der Waals surface area contributed by atoms with Gasteiger partial charge in [0.1, 0.15) is 13.2 Å². The van der Waals surface area contributed by atoms with Crippen LogP contribution in [0.3, 0.4) is 0 Å². The summed E-state index contributed by atoms with van der Waals surface area (Å²) in [6.07, 6.45) is 85.6. The molecule has 0 bridgehead atoms. The van der Waals surface area contributed by atoms with Gasteiger partial charge in [-0.1, -0.05) is 237 Å². The van der Waals surface area contributed by atoms with Gasteiger partial charge < -0.3 is 14.2 Å². The molecule has 0 N–H and O–H groups in total. The van der Waals surface area contributed by atoms with Crippen LogP contribution in [-0.2, 0) is 28.6 Å². The summed E-state index contributed by atoms with van der Waals surface area (Å²) >= 11 is 0. The molecule has 0 aromatic carbocycles. The van der Waals surface area contributed by atoms with Crippen molar-refractivity contribution in [1.29, 1.82) is 0 Å². The maximum absolute atomic E-state index is 12.8. The van der Waals surface area contributed by atoms with Crippen molar-refractivity contribution in [3.05, 3.63) is 158 Å². The SMILES string of the molecule is CC/C=C\C/C=C\C/C=C\C/C=C\C/C=C\C/C=C\C/C=C\C/C=C\CCCCCCCCC(=O)OCC(COC(=O)CCCCCCCC)OC(=O)CCC/C=C\C/C=C\C/C=C\C/C=C\C/C=C\CC. The first kappa shape index (κ1) is 67.0. The first-order valence-corrected chi connectivity index (χ1v) is 28.5. The lowest BCUT2D eigenvalue weighted by Gasteiger charge is -2.18. The predicted molar refractivity (Wildman–Crippen MR) is 311 cm³/mol. The highest BCUT2D eigenvalue weighted by atomic mass is 16.6. The predicted octanol–water partition coefficient (Wildman–Crippen LogP) is 19.4. The molecule has 6 heteroatoms. The van der Waals surface area contributed by atoms with Crippen molar-refractivity contribution in [2.75, 3.05) is 13.2 Å². The topological polar surface area (TPSA) is 78.9 Å². The summed E-state index contributed by atoms with van der Waals surface area (Å²) in [5.41, 5.74) is 0. The third-order valence-electron chi connectivity index (χ3n) is 11.3. The summed E-state index contributed by atoms with van der Waals surface area (Å²) < 4.78 is 16.7. The summed E-state index contributed by atoms with van der Waals surface area (Å²) in [7, 11) is 0. The Morgan fingerprint density at radius 1 is 0.292 bits per heavy atom. The minimum absolute atomic E-state index is 0.112. The number of carbonyl (C=O) groups excluding carboxylic acids is 3. The lowest BCUT2D eigenvalue weighted by Crippen LogP contribution is -2.30. The maximum Gasteiger partial charge on any atom is 0.306 e. The highest BCUT2D eigenvalue weighted by Crippen LogP contribution is 2.12. The number of hydrogen-bond donors (Lipinski definition) is 0. The number of esters is 3. The standard InChI is InChI=1S/C66H102O6/c1-4-7-10-13-16-18-20-22-24-26-27-28-29-30-31-32-33-34-35-36-37-38-39-41-42-44-46-48-50-53-56-59-65(68)71-62-63(61-70-64(67)58-55-52-15-12-9-6-3)72-66(69)60-57-54-51-49-47-45-43-40-25-23-21-19-17-14-11-8-5-2/h7-8,10-11,16-19,22-25,27-28,30-31,33-34,36-37,39,41,43,45,49,51,63H,4-6,9,12-15,20-21,26,29,32,35,38,40,42,44,46-48,50,52-62H2,1-3H3/b10-7-,11-8-,18-16-,19-17-,24-22-,25-23-,28-27-,31-30-,34-33-,37-36-,41-39-,45-43-,51-49-. The molecule has 0 saturated heterocycles. The van der Waals surface area contributed by atoms with Gasteiger partial charge in [0.05, 0.1) is 0 Å². The molecule has 0 rings (SSSR count). The van der Waals surface area contributed by atoms with Crippen molar-refractivity contribution in [1.82, 2.24) is 0 Å². The number of carbonyl (C=O) groups is 3. The van der Waals surface area contributed by atoms with E-state index in [1.165, 1.54) is 32.1 Å². The van der Waals surface area contributed by atoms with Crippen LogP contribution in [-0.4, -0.2) is 37.2 Å². The fourth-order valence-corrected chi connectivity index (χ4v) is 7.08. The molecular formula is C66H102O6. The van der Waals surface area contributed by atoms with Gasteiger partial charge in [-0.15, -0.1) is 0 Å². The third-order valence-corrected chi connectivity index (χ3v) is 11.3. The molecule has 0 aliphatic rings. The lowest BCUT2D eigenvalue weighted by atomic mass is 10.1. The zero-order chi connectivity index (χ0) is 52.2. The van der Waals surface area contributed by atoms with E-state index in [-0.39, 0.29) is 37.5 Å². The fraction of sp³-hybridized carbons (Fsp3) is 0.561. The molecule has 1 unspecified atom stereocenters. The third kappa shape index (κ3) is 56.0. The van der Waals surface area contributed by atoms with Crippen molar-refractivity contribution in [2.45, 2.75) is 226 Å². The van der Waals surface area contributed by atoms with Gasteiger partial charge in [-0.25, -0.2) is 0 Å². The first-order chi connectivity index (χ1) is 35.5. The summed E-state index contributed by atoms with van der Waals surface area (Å²) in [4.78, 5) is 37.8. The van der Waals surface area contributed by atoms with E-state index in [1.807, 2.05) is 0 Å². The van der Waals surface area contributed by atoms with Crippen LogP contribution in [0.5, 0.6) is 0 Å². The van der Waals surface area contributed by atoms with Gasteiger partial charge in [-0.3, -0.25) is 14.4 Å². The largest absolute Gasteiger partial charge is 0.462 e. The van der Waals surface area contributed by atoms with Crippen LogP contribution in [0.15, 0.2) is 158 Å². The monoisotopic (exact) mass is 991 g/mol. The Hall–Kier alpha value is -4.97. The number of hydrogen-bond acceptors (Lipinski definition) is 6. The van der Waals surface area contributed by atoms with E-state index in [0.717, 1.165) is 141 Å². The molecule has 72 heavy (non-hydrogen) atoms. The smallest absolute Gasteiger partial charge is 0.306 e. The number of unbranched alkanes of at least 4 members (excludes halogenated alkanes) is 12. The average Bonchev–Trinajstić information content (AvgIpc) is 3.38. The maximum atomic E-state index is 12.8. The number of rotatable bonds is 49. The summed E-state index contributed by atoms with van der Waals surface area (Å²) in [5.74, 6) is -1.01. The van der Waals surface area contributed by atoms with Crippen molar-refractivity contribution in [3.63, 3.8) is 0 Å². The van der Waals surface area contributed by atoms with Crippen molar-refractivity contribution >= 4 is 17.9 Å². The Morgan fingerprint density at radius 2 is 0.556 bits per heavy atom. The number of ether oxygens (including phenoxy) is 3. The molecule has 1 atom stereocenters. The van der Waals surface area contributed by atoms with Gasteiger partial charge in [-0.05, 0) is 122 Å². The van der Waals surface area contributed by atoms with E-state index in [2.05, 4.69) is 179 Å². The van der Waals surface area contributed by atoms with Crippen LogP contribution >= 0.6 is 0 Å². The quantitative estimate of drug-likeness (QED) is 0.0262. The van der Waals surface area contributed by atoms with Crippen LogP contribution in [0.2, 0.25) is 0 Å². The Labute approximate surface area is 441 Å². The first-order valence-electron chi connectivity index (χ1n) is 28.5. The van der Waals surface area contributed by atoms with Crippen molar-refractivity contribution in [3.8, 4) is 0 Å². The fourth-order valence-electron chi connectivity index (χ4n) is 7.08. The van der Waals surface area contributed by atoms with Crippen molar-refractivity contribution < 1.29 is 28.6 Å². The molecular weight excluding hydrogens is 889 g/mol. The molecule has 0 aromatic rings. The molecule has 0 radical (unpaired) electrons. The molecule has 0 aliphatic heterocycles. The van der Waals surface area contributed by atoms with Crippen LogP contribution in [0.4, 0.5) is 0 Å². The van der Waals surface area contributed by atoms with Crippen LogP contribution < -0.4 is 0 Å². The van der Waals surface area contributed by atoms with E-state index in [4.69, 9.17) is 14.2 Å². The molecule has 0 aromatic heterocycles. The highest BCUT2D eigenvalue weighted by molar-refractivity contribution is 5.71. The summed E-state index contributed by atoms with van der Waals surface area (Å²) in [6, 6.07) is 0. The van der Waals surface area contributed by atoms with E-state index in [1.54, 1.807) is 0 Å². The molecule has 0 heterocycles. The van der Waals surface area contributed by atoms with Gasteiger partial charge in [0.15, 0.2) is 6.10 Å². The van der Waals surface area contributed by atoms with E-state index >= 15 is 0 Å². The van der Waals surface area contributed by atoms with Gasteiger partial charge in [0.25, 0.3) is 0 Å². The molecule has 0 fully saturated rings. The Kier molecular flexibility index (Phi) is 54.6. The van der Waals surface area contributed by atoms with Gasteiger partial charge in [0, 0.05) is 19.3 Å². The zero-order valence-corrected chi connectivity index (χ0v) is 45.9. The minimum Gasteiger partial charge on any atom is -0.462 e.